The van der Waals surface area contributed by atoms with E-state index in [1.807, 2.05) is 0 Å². The Hall–Kier alpha value is -2.77. The predicted octanol–water partition coefficient (Wildman–Crippen LogP) is 0.435. The standard InChI is InChI=1S/C15H18N6O2/c1-7-11(6-17-15(16)18-7)14(23)21-10-3-9(4-10)12-5-13(22)20-8(2)19-12/h5-6,9-10H,3-4H2,1-2H3,(H,21,23)(H2,16,17,18)(H,19,20,22). The number of aryl methyl sites for hydroxylation is 2. The molecular formula is C15H18N6O2. The highest BCUT2D eigenvalue weighted by Crippen LogP contribution is 2.35. The molecule has 2 heterocycles. The van der Waals surface area contributed by atoms with Crippen LogP contribution in [0.5, 0.6) is 0 Å². The van der Waals surface area contributed by atoms with Crippen LogP contribution >= 0.6 is 0 Å². The number of hydrogen-bond donors (Lipinski definition) is 3. The van der Waals surface area contributed by atoms with E-state index in [1.165, 1.54) is 12.3 Å². The van der Waals surface area contributed by atoms with Crippen molar-refractivity contribution in [2.24, 2.45) is 0 Å². The van der Waals surface area contributed by atoms with Crippen LogP contribution in [0.15, 0.2) is 17.1 Å². The van der Waals surface area contributed by atoms with E-state index in [4.69, 9.17) is 5.73 Å². The summed E-state index contributed by atoms with van der Waals surface area (Å²) in [4.78, 5) is 38.5. The zero-order valence-electron chi connectivity index (χ0n) is 13.0. The van der Waals surface area contributed by atoms with Crippen LogP contribution in [-0.2, 0) is 0 Å². The molecule has 0 atom stereocenters. The van der Waals surface area contributed by atoms with Crippen LogP contribution < -0.4 is 16.6 Å². The van der Waals surface area contributed by atoms with Gasteiger partial charge in [-0.3, -0.25) is 9.59 Å². The maximum atomic E-state index is 12.2. The zero-order chi connectivity index (χ0) is 16.6. The summed E-state index contributed by atoms with van der Waals surface area (Å²) in [5, 5.41) is 2.95. The number of carbonyl (C=O) groups is 1. The van der Waals surface area contributed by atoms with Crippen LogP contribution in [0.4, 0.5) is 5.95 Å². The van der Waals surface area contributed by atoms with Gasteiger partial charge in [-0.15, -0.1) is 0 Å². The molecule has 0 unspecified atom stereocenters. The van der Waals surface area contributed by atoms with Crippen molar-refractivity contribution >= 4 is 11.9 Å². The number of nitrogens with zero attached hydrogens (tertiary/aromatic N) is 3. The fourth-order valence-corrected chi connectivity index (χ4v) is 2.76. The summed E-state index contributed by atoms with van der Waals surface area (Å²) in [7, 11) is 0. The lowest BCUT2D eigenvalue weighted by molar-refractivity contribution is 0.0906. The molecule has 0 aliphatic heterocycles. The third-order valence-electron chi connectivity index (χ3n) is 4.01. The zero-order valence-corrected chi connectivity index (χ0v) is 13.0. The Kier molecular flexibility index (Phi) is 3.81. The molecule has 1 amide bonds. The fraction of sp³-hybridized carbons (Fsp3) is 0.400. The second-order valence-corrected chi connectivity index (χ2v) is 5.82. The molecule has 3 rings (SSSR count). The Labute approximate surface area is 132 Å². The molecule has 1 fully saturated rings. The highest BCUT2D eigenvalue weighted by molar-refractivity contribution is 5.95. The molecule has 0 bridgehead atoms. The van der Waals surface area contributed by atoms with E-state index in [0.29, 0.717) is 17.1 Å². The molecule has 0 radical (unpaired) electrons. The number of aromatic nitrogens is 4. The molecule has 2 aromatic rings. The van der Waals surface area contributed by atoms with Gasteiger partial charge >= 0.3 is 0 Å². The molecule has 8 nitrogen and oxygen atoms in total. The topological polar surface area (TPSA) is 127 Å². The van der Waals surface area contributed by atoms with Gasteiger partial charge in [-0.1, -0.05) is 0 Å². The van der Waals surface area contributed by atoms with Crippen molar-refractivity contribution < 1.29 is 4.79 Å². The van der Waals surface area contributed by atoms with E-state index in [0.717, 1.165) is 18.5 Å². The molecular weight excluding hydrogens is 296 g/mol. The number of anilines is 1. The van der Waals surface area contributed by atoms with Gasteiger partial charge in [0.2, 0.25) is 5.95 Å². The van der Waals surface area contributed by atoms with Gasteiger partial charge in [0.25, 0.3) is 11.5 Å². The fourth-order valence-electron chi connectivity index (χ4n) is 2.76. The first-order chi connectivity index (χ1) is 10.9. The summed E-state index contributed by atoms with van der Waals surface area (Å²) < 4.78 is 0. The lowest BCUT2D eigenvalue weighted by atomic mass is 9.78. The van der Waals surface area contributed by atoms with Gasteiger partial charge in [0.05, 0.1) is 17.0 Å². The van der Waals surface area contributed by atoms with E-state index in [2.05, 4.69) is 25.3 Å². The smallest absolute Gasteiger partial charge is 0.254 e. The Morgan fingerprint density at radius 3 is 2.74 bits per heavy atom. The molecule has 0 saturated heterocycles. The Bertz CT molecular complexity index is 810. The third-order valence-corrected chi connectivity index (χ3v) is 4.01. The maximum absolute atomic E-state index is 12.2. The minimum Gasteiger partial charge on any atom is -0.368 e. The Balaban J connectivity index is 1.61. The van der Waals surface area contributed by atoms with Crippen LogP contribution in [-0.4, -0.2) is 31.9 Å². The first-order valence-electron chi connectivity index (χ1n) is 7.40. The van der Waals surface area contributed by atoms with Gasteiger partial charge < -0.3 is 16.0 Å². The van der Waals surface area contributed by atoms with Crippen molar-refractivity contribution in [1.82, 2.24) is 25.3 Å². The molecule has 23 heavy (non-hydrogen) atoms. The predicted molar refractivity (Wildman–Crippen MR) is 84.0 cm³/mol. The molecule has 1 saturated carbocycles. The SMILES string of the molecule is Cc1nc(C2CC(NC(=O)c3cnc(N)nc3C)C2)cc(=O)[nH]1. The van der Waals surface area contributed by atoms with E-state index >= 15 is 0 Å². The molecule has 8 heteroatoms. The molecule has 0 spiro atoms. The summed E-state index contributed by atoms with van der Waals surface area (Å²) in [5.74, 6) is 0.749. The average molecular weight is 314 g/mol. The largest absolute Gasteiger partial charge is 0.368 e. The van der Waals surface area contributed by atoms with Gasteiger partial charge in [0.15, 0.2) is 0 Å². The van der Waals surface area contributed by atoms with Crippen molar-refractivity contribution in [2.75, 3.05) is 5.73 Å². The highest BCUT2D eigenvalue weighted by Gasteiger charge is 2.33. The average Bonchev–Trinajstić information content (AvgIpc) is 2.40. The number of H-pyrrole nitrogens is 1. The number of nitrogen functional groups attached to an aromatic ring is 1. The second-order valence-electron chi connectivity index (χ2n) is 5.82. The first-order valence-corrected chi connectivity index (χ1v) is 7.40. The molecule has 120 valence electrons. The summed E-state index contributed by atoms with van der Waals surface area (Å²) in [5.41, 5.74) is 7.10. The highest BCUT2D eigenvalue weighted by atomic mass is 16.1. The molecule has 1 aliphatic rings. The molecule has 2 aromatic heterocycles. The van der Waals surface area contributed by atoms with Gasteiger partial charge in [0, 0.05) is 24.2 Å². The normalized spacial score (nSPS) is 19.9. The van der Waals surface area contributed by atoms with Gasteiger partial charge in [-0.2, -0.15) is 0 Å². The number of nitrogens with two attached hydrogens (primary N) is 1. The van der Waals surface area contributed by atoms with Crippen molar-refractivity contribution in [1.29, 1.82) is 0 Å². The van der Waals surface area contributed by atoms with Gasteiger partial charge in [0.1, 0.15) is 5.82 Å². The first kappa shape index (κ1) is 15.1. The van der Waals surface area contributed by atoms with Crippen molar-refractivity contribution in [3.8, 4) is 0 Å². The quantitative estimate of drug-likeness (QED) is 0.754. The third kappa shape index (κ3) is 3.20. The maximum Gasteiger partial charge on any atom is 0.254 e. The molecule has 0 aromatic carbocycles. The number of aromatic amines is 1. The van der Waals surface area contributed by atoms with Gasteiger partial charge in [-0.05, 0) is 26.7 Å². The summed E-state index contributed by atoms with van der Waals surface area (Å²) >= 11 is 0. The number of amides is 1. The van der Waals surface area contributed by atoms with Crippen molar-refractivity contribution in [3.63, 3.8) is 0 Å². The van der Waals surface area contributed by atoms with Crippen LogP contribution in [0.3, 0.4) is 0 Å². The number of rotatable bonds is 3. The Morgan fingerprint density at radius 1 is 1.35 bits per heavy atom. The van der Waals surface area contributed by atoms with Crippen LogP contribution in [0.2, 0.25) is 0 Å². The van der Waals surface area contributed by atoms with E-state index in [9.17, 15) is 9.59 Å². The van der Waals surface area contributed by atoms with E-state index in [1.54, 1.807) is 13.8 Å². The molecule has 1 aliphatic carbocycles. The number of nitrogens with one attached hydrogen (secondary N) is 2. The Morgan fingerprint density at radius 2 is 2.09 bits per heavy atom. The minimum absolute atomic E-state index is 0.0610. The van der Waals surface area contributed by atoms with Crippen LogP contribution in [0.1, 0.15) is 46.3 Å². The van der Waals surface area contributed by atoms with Crippen molar-refractivity contribution in [3.05, 3.63) is 45.4 Å². The second kappa shape index (κ2) is 5.79. The summed E-state index contributed by atoms with van der Waals surface area (Å²) in [6, 6.07) is 1.58. The van der Waals surface area contributed by atoms with Gasteiger partial charge in [-0.25, -0.2) is 15.0 Å². The lowest BCUT2D eigenvalue weighted by Gasteiger charge is -2.35. The van der Waals surface area contributed by atoms with Crippen molar-refractivity contribution in [2.45, 2.75) is 38.6 Å². The van der Waals surface area contributed by atoms with Crippen LogP contribution in [0, 0.1) is 13.8 Å². The minimum atomic E-state index is -0.207. The summed E-state index contributed by atoms with van der Waals surface area (Å²) in [6.07, 6.45) is 2.96. The molecule has 4 N–H and O–H groups in total. The van der Waals surface area contributed by atoms with Crippen LogP contribution in [0.25, 0.3) is 0 Å². The van der Waals surface area contributed by atoms with E-state index in [-0.39, 0.29) is 29.4 Å². The monoisotopic (exact) mass is 314 g/mol. The lowest BCUT2D eigenvalue weighted by Crippen LogP contribution is -2.44. The number of hydrogen-bond acceptors (Lipinski definition) is 6. The van der Waals surface area contributed by atoms with E-state index < -0.39 is 0 Å². The summed E-state index contributed by atoms with van der Waals surface area (Å²) in [6.45, 7) is 3.48. The number of carbonyl (C=O) groups excluding carboxylic acids is 1.